The van der Waals surface area contributed by atoms with Crippen LogP contribution >= 0.6 is 23.2 Å². The zero-order valence-corrected chi connectivity index (χ0v) is 18.8. The van der Waals surface area contributed by atoms with Gasteiger partial charge < -0.3 is 15.7 Å². The molecule has 5 rings (SSSR count). The summed E-state index contributed by atoms with van der Waals surface area (Å²) < 4.78 is 14.7. The molecule has 1 aliphatic heterocycles. The van der Waals surface area contributed by atoms with Gasteiger partial charge in [-0.25, -0.2) is 19.2 Å². The van der Waals surface area contributed by atoms with Crippen molar-refractivity contribution < 1.29 is 14.3 Å². The number of fused-ring (bicyclic) bond motifs is 2. The number of aromatic carboxylic acids is 1. The summed E-state index contributed by atoms with van der Waals surface area (Å²) in [4.78, 5) is 19.9. The minimum absolute atomic E-state index is 0.181. The van der Waals surface area contributed by atoms with E-state index in [0.717, 1.165) is 5.22 Å². The molecule has 0 fully saturated rings. The summed E-state index contributed by atoms with van der Waals surface area (Å²) in [6, 6.07) is 14.2. The summed E-state index contributed by atoms with van der Waals surface area (Å²) in [6.07, 6.45) is 5.19. The van der Waals surface area contributed by atoms with Crippen molar-refractivity contribution in [3.8, 4) is 11.1 Å². The highest BCUT2D eigenvalue weighted by Crippen LogP contribution is 2.29. The second-order valence-corrected chi connectivity index (χ2v) is 8.33. The highest BCUT2D eigenvalue weighted by Gasteiger charge is 2.15. The van der Waals surface area contributed by atoms with Crippen LogP contribution in [-0.2, 0) is 0 Å². The fourth-order valence-corrected chi connectivity index (χ4v) is 4.17. The molecular weight excluding hydrogens is 478 g/mol. The van der Waals surface area contributed by atoms with Crippen LogP contribution in [0.5, 0.6) is 0 Å². The number of anilines is 3. The fraction of sp³-hybridized carbons (Fsp3) is 0. The lowest BCUT2D eigenvalue weighted by Crippen LogP contribution is -2.27. The predicted molar refractivity (Wildman–Crippen MR) is 131 cm³/mol. The van der Waals surface area contributed by atoms with Crippen molar-refractivity contribution >= 4 is 58.8 Å². The number of rotatable bonds is 4. The van der Waals surface area contributed by atoms with Gasteiger partial charge in [0.05, 0.1) is 28.2 Å². The molecule has 4 aromatic rings. The minimum Gasteiger partial charge on any atom is -0.478 e. The van der Waals surface area contributed by atoms with Crippen molar-refractivity contribution in [3.63, 3.8) is 0 Å². The first-order valence-electron chi connectivity index (χ1n) is 10.1. The monoisotopic (exact) mass is 492 g/mol. The van der Waals surface area contributed by atoms with Crippen molar-refractivity contribution in [1.82, 2.24) is 9.97 Å². The highest BCUT2D eigenvalue weighted by atomic mass is 35.5. The molecular formula is C25H15Cl2FN4O2. The van der Waals surface area contributed by atoms with E-state index < -0.39 is 11.8 Å². The van der Waals surface area contributed by atoms with Crippen molar-refractivity contribution in [3.05, 3.63) is 98.4 Å². The third kappa shape index (κ3) is 4.19. The molecule has 1 aliphatic rings. The molecule has 1 aromatic heterocycles. The van der Waals surface area contributed by atoms with E-state index in [1.54, 1.807) is 48.8 Å². The molecule has 6 nitrogen and oxygen atoms in total. The molecule has 2 heterocycles. The number of carboxylic acids is 1. The Balaban J connectivity index is 1.58. The number of carboxylic acid groups (broad SMARTS) is 1. The average Bonchev–Trinajstić information content (AvgIpc) is 2.98. The predicted octanol–water partition coefficient (Wildman–Crippen LogP) is 5.02. The number of hydrogen-bond acceptors (Lipinski definition) is 5. The zero-order valence-electron chi connectivity index (χ0n) is 17.3. The minimum atomic E-state index is -1.00. The maximum atomic E-state index is 14.7. The Labute approximate surface area is 203 Å². The molecule has 0 saturated carbocycles. The largest absolute Gasteiger partial charge is 0.478 e. The van der Waals surface area contributed by atoms with Gasteiger partial charge in [0.1, 0.15) is 5.82 Å². The van der Waals surface area contributed by atoms with Crippen LogP contribution in [0.15, 0.2) is 60.8 Å². The molecule has 3 aromatic carbocycles. The van der Waals surface area contributed by atoms with Gasteiger partial charge in [-0.2, -0.15) is 0 Å². The summed E-state index contributed by atoms with van der Waals surface area (Å²) >= 11 is 12.7. The van der Waals surface area contributed by atoms with Crippen molar-refractivity contribution in [2.45, 2.75) is 0 Å². The van der Waals surface area contributed by atoms with Gasteiger partial charge in [0.25, 0.3) is 0 Å². The quantitative estimate of drug-likeness (QED) is 0.370. The van der Waals surface area contributed by atoms with E-state index in [0.29, 0.717) is 38.8 Å². The van der Waals surface area contributed by atoms with E-state index in [1.165, 1.54) is 18.2 Å². The van der Waals surface area contributed by atoms with Crippen LogP contribution in [0.4, 0.5) is 21.7 Å². The maximum absolute atomic E-state index is 14.7. The molecule has 168 valence electrons. The average molecular weight is 493 g/mol. The van der Waals surface area contributed by atoms with Gasteiger partial charge in [0.15, 0.2) is 0 Å². The third-order valence-corrected chi connectivity index (χ3v) is 5.81. The van der Waals surface area contributed by atoms with E-state index in [1.807, 2.05) is 6.08 Å². The lowest BCUT2D eigenvalue weighted by atomic mass is 10.0. The first kappa shape index (κ1) is 21.9. The highest BCUT2D eigenvalue weighted by molar-refractivity contribution is 6.34. The maximum Gasteiger partial charge on any atom is 0.335 e. The van der Waals surface area contributed by atoms with Gasteiger partial charge in [-0.15, -0.1) is 0 Å². The van der Waals surface area contributed by atoms with Crippen LogP contribution in [0.25, 0.3) is 23.4 Å². The van der Waals surface area contributed by atoms with E-state index in [9.17, 15) is 9.18 Å². The molecule has 0 unspecified atom stereocenters. The number of aromatic nitrogens is 2. The Kier molecular flexibility index (Phi) is 5.65. The molecule has 0 saturated heterocycles. The molecule has 9 heteroatoms. The van der Waals surface area contributed by atoms with E-state index in [4.69, 9.17) is 28.3 Å². The smallest absolute Gasteiger partial charge is 0.335 e. The van der Waals surface area contributed by atoms with E-state index in [2.05, 4.69) is 20.6 Å². The first-order valence-corrected chi connectivity index (χ1v) is 10.8. The number of benzene rings is 3. The van der Waals surface area contributed by atoms with Crippen LogP contribution in [0.1, 0.15) is 16.1 Å². The molecule has 34 heavy (non-hydrogen) atoms. The molecule has 0 spiro atoms. The number of nitrogens with one attached hydrogen (secondary N) is 2. The van der Waals surface area contributed by atoms with Crippen molar-refractivity contribution in [1.29, 1.82) is 0 Å². The Morgan fingerprint density at radius 1 is 1.09 bits per heavy atom. The zero-order chi connectivity index (χ0) is 23.8. The third-order valence-electron chi connectivity index (χ3n) is 5.28. The van der Waals surface area contributed by atoms with Crippen LogP contribution < -0.4 is 21.1 Å². The molecule has 0 bridgehead atoms. The Morgan fingerprint density at radius 2 is 1.88 bits per heavy atom. The molecule has 0 radical (unpaired) electrons. The number of halogens is 3. The summed E-state index contributed by atoms with van der Waals surface area (Å²) in [5.74, 6) is -1.13. The topological polar surface area (TPSA) is 87.1 Å². The number of hydrogen-bond donors (Lipinski definition) is 3. The molecule has 0 aliphatic carbocycles. The van der Waals surface area contributed by atoms with E-state index in [-0.39, 0.29) is 16.1 Å². The Morgan fingerprint density at radius 3 is 2.62 bits per heavy atom. The summed E-state index contributed by atoms with van der Waals surface area (Å²) in [6.45, 7) is 0. The van der Waals surface area contributed by atoms with Crippen LogP contribution in [-0.4, -0.2) is 21.0 Å². The molecule has 0 amide bonds. The van der Waals surface area contributed by atoms with Gasteiger partial charge in [0.2, 0.25) is 5.95 Å². The Bertz CT molecular complexity index is 1550. The first-order chi connectivity index (χ1) is 16.4. The second kappa shape index (κ2) is 8.78. The van der Waals surface area contributed by atoms with Crippen LogP contribution in [0.3, 0.4) is 0 Å². The number of nitrogens with zero attached hydrogens (tertiary/aromatic N) is 2. The normalized spacial score (nSPS) is 11.7. The van der Waals surface area contributed by atoms with Crippen molar-refractivity contribution in [2.24, 2.45) is 0 Å². The summed E-state index contributed by atoms with van der Waals surface area (Å²) in [5, 5.41) is 17.4. The van der Waals surface area contributed by atoms with E-state index >= 15 is 0 Å². The lowest BCUT2D eigenvalue weighted by molar-refractivity contribution is 0.0697. The van der Waals surface area contributed by atoms with Crippen LogP contribution in [0.2, 0.25) is 10.0 Å². The summed E-state index contributed by atoms with van der Waals surface area (Å²) in [5.41, 5.74) is 2.86. The number of carbonyl (C=O) groups is 1. The van der Waals surface area contributed by atoms with Gasteiger partial charge in [-0.1, -0.05) is 29.3 Å². The second-order valence-electron chi connectivity index (χ2n) is 7.49. The van der Waals surface area contributed by atoms with Crippen molar-refractivity contribution in [2.75, 3.05) is 10.6 Å². The Hall–Kier alpha value is -3.94. The van der Waals surface area contributed by atoms with Crippen LogP contribution in [0, 0.1) is 5.82 Å². The van der Waals surface area contributed by atoms with Gasteiger partial charge in [-0.05, 0) is 65.4 Å². The van der Waals surface area contributed by atoms with Gasteiger partial charge in [0, 0.05) is 27.7 Å². The lowest BCUT2D eigenvalue weighted by Gasteiger charge is -2.09. The molecule has 0 atom stereocenters. The SMILES string of the molecule is O=C(O)c1ccc(Nc2ncc3c(n2)C=c2cc(Cl)cc(-c4c(F)cccc4Cl)c2=CN3)cc1. The standard InChI is InChI=1S/C25H15Cl2FN4O2/c26-15-8-14-9-21-22(12-30-25(32-21)31-16-6-4-13(5-7-16)24(33)34)29-11-18(14)17(10-15)23-19(27)2-1-3-20(23)28/h1-12,29H,(H,33,34)(H,30,31,32). The van der Waals surface area contributed by atoms with Gasteiger partial charge in [-0.3, -0.25) is 0 Å². The summed E-state index contributed by atoms with van der Waals surface area (Å²) in [7, 11) is 0. The van der Waals surface area contributed by atoms with Gasteiger partial charge >= 0.3 is 5.97 Å². The fourth-order valence-electron chi connectivity index (χ4n) is 3.68. The molecule has 3 N–H and O–H groups in total.